The molecule has 0 radical (unpaired) electrons. The Kier molecular flexibility index (Phi) is 4.94. The number of ether oxygens (including phenoxy) is 1. The minimum absolute atomic E-state index is 0.170. The molecule has 1 saturated heterocycles. The van der Waals surface area contributed by atoms with E-state index in [0.717, 1.165) is 0 Å². The van der Waals surface area contributed by atoms with Crippen LogP contribution >= 0.6 is 0 Å². The fourth-order valence-electron chi connectivity index (χ4n) is 2.75. The number of carbonyl (C=O) groups is 1. The lowest BCUT2D eigenvalue weighted by molar-refractivity contribution is 0.102. The average Bonchev–Trinajstić information content (AvgIpc) is 2.96. The van der Waals surface area contributed by atoms with Crippen LogP contribution in [0.15, 0.2) is 48.5 Å². The van der Waals surface area contributed by atoms with Crippen LogP contribution in [-0.4, -0.2) is 33.2 Å². The van der Waals surface area contributed by atoms with Crippen LogP contribution in [0.1, 0.15) is 23.7 Å². The van der Waals surface area contributed by atoms with Gasteiger partial charge in [0, 0.05) is 12.1 Å². The van der Waals surface area contributed by atoms with Gasteiger partial charge in [0.1, 0.15) is 5.75 Å². The first-order valence-electron chi connectivity index (χ1n) is 8.15. The highest BCUT2D eigenvalue weighted by Crippen LogP contribution is 2.26. The third-order valence-corrected chi connectivity index (χ3v) is 5.82. The summed E-state index contributed by atoms with van der Waals surface area (Å²) in [6, 6.07) is 13.8. The van der Waals surface area contributed by atoms with E-state index in [2.05, 4.69) is 5.32 Å². The summed E-state index contributed by atoms with van der Waals surface area (Å²) < 4.78 is 30.8. The maximum Gasteiger partial charge on any atom is 0.255 e. The van der Waals surface area contributed by atoms with Crippen molar-refractivity contribution < 1.29 is 17.9 Å². The van der Waals surface area contributed by atoms with E-state index in [-0.39, 0.29) is 11.7 Å². The molecular weight excluding hydrogens is 340 g/mol. The standard InChI is InChI=1S/C18H20N2O4S/c1-2-24-17-7-4-3-6-16(17)19-18(21)14-8-10-15(11-9-14)20-12-5-13-25(20,22)23/h3-4,6-11H,2,5,12-13H2,1H3,(H,19,21). The van der Waals surface area contributed by atoms with Crippen LogP contribution in [0.4, 0.5) is 11.4 Å². The molecule has 0 aliphatic carbocycles. The molecule has 0 spiro atoms. The molecule has 0 bridgehead atoms. The van der Waals surface area contributed by atoms with Gasteiger partial charge in [-0.2, -0.15) is 0 Å². The van der Waals surface area contributed by atoms with Crippen LogP contribution in [-0.2, 0) is 10.0 Å². The van der Waals surface area contributed by atoms with Crippen LogP contribution in [0.3, 0.4) is 0 Å². The molecular formula is C18H20N2O4S. The van der Waals surface area contributed by atoms with E-state index in [1.807, 2.05) is 19.1 Å². The van der Waals surface area contributed by atoms with Crippen molar-refractivity contribution in [3.05, 3.63) is 54.1 Å². The second-order valence-electron chi connectivity index (χ2n) is 5.67. The lowest BCUT2D eigenvalue weighted by Crippen LogP contribution is -2.25. The Morgan fingerprint density at radius 3 is 2.52 bits per heavy atom. The Labute approximate surface area is 147 Å². The third kappa shape index (κ3) is 3.76. The third-order valence-electron chi connectivity index (χ3n) is 3.95. The lowest BCUT2D eigenvalue weighted by atomic mass is 10.2. The van der Waals surface area contributed by atoms with E-state index in [1.54, 1.807) is 36.4 Å². The van der Waals surface area contributed by atoms with E-state index >= 15 is 0 Å². The van der Waals surface area contributed by atoms with Crippen molar-refractivity contribution in [3.63, 3.8) is 0 Å². The van der Waals surface area contributed by atoms with Gasteiger partial charge < -0.3 is 10.1 Å². The molecule has 1 amide bonds. The second-order valence-corrected chi connectivity index (χ2v) is 7.68. The highest BCUT2D eigenvalue weighted by molar-refractivity contribution is 7.93. The normalized spacial score (nSPS) is 15.8. The highest BCUT2D eigenvalue weighted by Gasteiger charge is 2.28. The monoisotopic (exact) mass is 360 g/mol. The van der Waals surface area contributed by atoms with Gasteiger partial charge in [-0.15, -0.1) is 0 Å². The van der Waals surface area contributed by atoms with Crippen molar-refractivity contribution in [3.8, 4) is 5.75 Å². The van der Waals surface area contributed by atoms with E-state index in [9.17, 15) is 13.2 Å². The van der Waals surface area contributed by atoms with Crippen LogP contribution < -0.4 is 14.4 Å². The molecule has 7 heteroatoms. The number of carbonyl (C=O) groups excluding carboxylic acids is 1. The molecule has 3 rings (SSSR count). The summed E-state index contributed by atoms with van der Waals surface area (Å²) in [6.07, 6.45) is 0.624. The van der Waals surface area contributed by atoms with Gasteiger partial charge in [0.15, 0.2) is 0 Å². The van der Waals surface area contributed by atoms with Crippen molar-refractivity contribution >= 4 is 27.3 Å². The number of nitrogens with one attached hydrogen (secondary N) is 1. The molecule has 6 nitrogen and oxygen atoms in total. The van der Waals surface area contributed by atoms with Gasteiger partial charge in [-0.25, -0.2) is 8.42 Å². The Bertz CT molecular complexity index is 863. The quantitative estimate of drug-likeness (QED) is 0.890. The van der Waals surface area contributed by atoms with E-state index in [0.29, 0.717) is 42.3 Å². The fourth-order valence-corrected chi connectivity index (χ4v) is 4.32. The van der Waals surface area contributed by atoms with Gasteiger partial charge >= 0.3 is 0 Å². The SMILES string of the molecule is CCOc1ccccc1NC(=O)c1ccc(N2CCCS2(=O)=O)cc1. The molecule has 25 heavy (non-hydrogen) atoms. The Balaban J connectivity index is 1.76. The Morgan fingerprint density at radius 1 is 1.16 bits per heavy atom. The summed E-state index contributed by atoms with van der Waals surface area (Å²) in [6.45, 7) is 2.87. The number of sulfonamides is 1. The van der Waals surface area contributed by atoms with Crippen molar-refractivity contribution in [1.82, 2.24) is 0 Å². The van der Waals surface area contributed by atoms with Crippen LogP contribution in [0.5, 0.6) is 5.75 Å². The van der Waals surface area contributed by atoms with Gasteiger partial charge in [-0.3, -0.25) is 9.10 Å². The zero-order valence-corrected chi connectivity index (χ0v) is 14.8. The number of anilines is 2. The number of hydrogen-bond acceptors (Lipinski definition) is 4. The zero-order chi connectivity index (χ0) is 17.9. The molecule has 0 aromatic heterocycles. The molecule has 132 valence electrons. The average molecular weight is 360 g/mol. The molecule has 1 aliphatic heterocycles. The van der Waals surface area contributed by atoms with Gasteiger partial charge in [0.05, 0.1) is 23.7 Å². The molecule has 1 aliphatic rings. The minimum atomic E-state index is -3.22. The zero-order valence-electron chi connectivity index (χ0n) is 13.9. The molecule has 2 aromatic carbocycles. The summed E-state index contributed by atoms with van der Waals surface area (Å²) >= 11 is 0. The summed E-state index contributed by atoms with van der Waals surface area (Å²) in [7, 11) is -3.22. The van der Waals surface area contributed by atoms with Crippen molar-refractivity contribution in [2.75, 3.05) is 28.5 Å². The van der Waals surface area contributed by atoms with Crippen LogP contribution in [0, 0.1) is 0 Å². The van der Waals surface area contributed by atoms with Crippen molar-refractivity contribution in [2.24, 2.45) is 0 Å². The molecule has 1 fully saturated rings. The number of hydrogen-bond donors (Lipinski definition) is 1. The Morgan fingerprint density at radius 2 is 1.88 bits per heavy atom. The first-order valence-corrected chi connectivity index (χ1v) is 9.76. The number of amides is 1. The van der Waals surface area contributed by atoms with E-state index in [4.69, 9.17) is 4.74 Å². The smallest absolute Gasteiger partial charge is 0.255 e. The molecule has 0 atom stereocenters. The molecule has 0 unspecified atom stereocenters. The first-order chi connectivity index (χ1) is 12.0. The predicted molar refractivity (Wildman–Crippen MR) is 97.8 cm³/mol. The maximum atomic E-state index is 12.4. The lowest BCUT2D eigenvalue weighted by Gasteiger charge is -2.17. The number of nitrogens with zero attached hydrogens (tertiary/aromatic N) is 1. The van der Waals surface area contributed by atoms with E-state index < -0.39 is 10.0 Å². The minimum Gasteiger partial charge on any atom is -0.492 e. The fraction of sp³-hybridized carbons (Fsp3) is 0.278. The van der Waals surface area contributed by atoms with Crippen molar-refractivity contribution in [1.29, 1.82) is 0 Å². The first kappa shape index (κ1) is 17.3. The second kappa shape index (κ2) is 7.14. The molecule has 0 saturated carbocycles. The largest absolute Gasteiger partial charge is 0.492 e. The highest BCUT2D eigenvalue weighted by atomic mass is 32.2. The summed E-state index contributed by atoms with van der Waals surface area (Å²) in [5, 5.41) is 2.82. The summed E-state index contributed by atoms with van der Waals surface area (Å²) in [5.74, 6) is 0.504. The number of rotatable bonds is 5. The van der Waals surface area contributed by atoms with E-state index in [1.165, 1.54) is 4.31 Å². The Hall–Kier alpha value is -2.54. The summed E-state index contributed by atoms with van der Waals surface area (Å²) in [4.78, 5) is 12.4. The summed E-state index contributed by atoms with van der Waals surface area (Å²) in [5.41, 5.74) is 1.64. The van der Waals surface area contributed by atoms with Crippen molar-refractivity contribution in [2.45, 2.75) is 13.3 Å². The molecule has 1 heterocycles. The van der Waals surface area contributed by atoms with Gasteiger partial charge in [-0.1, -0.05) is 12.1 Å². The van der Waals surface area contributed by atoms with Crippen LogP contribution in [0.25, 0.3) is 0 Å². The number of benzene rings is 2. The molecule has 2 aromatic rings. The number of para-hydroxylation sites is 2. The predicted octanol–water partition coefficient (Wildman–Crippen LogP) is 2.88. The van der Waals surface area contributed by atoms with Gasteiger partial charge in [0.25, 0.3) is 5.91 Å². The topological polar surface area (TPSA) is 75.7 Å². The maximum absolute atomic E-state index is 12.4. The van der Waals surface area contributed by atoms with Crippen LogP contribution in [0.2, 0.25) is 0 Å². The molecule has 1 N–H and O–H groups in total. The van der Waals surface area contributed by atoms with Gasteiger partial charge in [0.2, 0.25) is 10.0 Å². The van der Waals surface area contributed by atoms with Gasteiger partial charge in [-0.05, 0) is 49.7 Å².